The third-order valence-electron chi connectivity index (χ3n) is 6.15. The van der Waals surface area contributed by atoms with Crippen molar-refractivity contribution >= 4 is 39.2 Å². The van der Waals surface area contributed by atoms with E-state index in [-0.39, 0.29) is 0 Å². The first-order valence-corrected chi connectivity index (χ1v) is 12.9. The molecule has 0 unspecified atom stereocenters. The van der Waals surface area contributed by atoms with Crippen LogP contribution < -0.4 is 5.32 Å². The first kappa shape index (κ1) is 24.3. The Balaban J connectivity index is 1.24. The normalized spacial score (nSPS) is 10.9. The summed E-state index contributed by atoms with van der Waals surface area (Å²) < 4.78 is 5.40. The fourth-order valence-electron chi connectivity index (χ4n) is 4.25. The molecule has 0 fully saturated rings. The zero-order valence-electron chi connectivity index (χ0n) is 20.5. The summed E-state index contributed by atoms with van der Waals surface area (Å²) in [6.45, 7) is 3.45. The minimum atomic E-state index is -0.542. The lowest BCUT2D eigenvalue weighted by atomic mass is 10.0. The molecule has 0 atom stereocenters. The van der Waals surface area contributed by atoms with Gasteiger partial charge in [0.1, 0.15) is 0 Å². The van der Waals surface area contributed by atoms with Crippen molar-refractivity contribution < 1.29 is 14.3 Å². The van der Waals surface area contributed by atoms with Crippen LogP contribution in [0.25, 0.3) is 33.3 Å². The van der Waals surface area contributed by atoms with Crippen LogP contribution in [-0.4, -0.2) is 28.5 Å². The number of aryl methyl sites for hydroxylation is 1. The number of ether oxygens (including phenoxy) is 1. The number of benzene rings is 3. The molecule has 0 saturated carbocycles. The van der Waals surface area contributed by atoms with Crippen LogP contribution in [0.2, 0.25) is 0 Å². The Bertz CT molecular complexity index is 1580. The Kier molecular flexibility index (Phi) is 7.05. The highest BCUT2D eigenvalue weighted by atomic mass is 32.1. The van der Waals surface area contributed by atoms with E-state index in [1.54, 1.807) is 0 Å². The number of hydrogen-bond donors (Lipinski definition) is 1. The van der Waals surface area contributed by atoms with Gasteiger partial charge in [-0.2, -0.15) is 0 Å². The molecule has 0 aliphatic rings. The highest BCUT2D eigenvalue weighted by Gasteiger charge is 2.20. The summed E-state index contributed by atoms with van der Waals surface area (Å²) >= 11 is 1.32. The lowest BCUT2D eigenvalue weighted by Crippen LogP contribution is -2.21. The minimum Gasteiger partial charge on any atom is -0.452 e. The lowest BCUT2D eigenvalue weighted by molar-refractivity contribution is -0.119. The molecule has 5 rings (SSSR count). The van der Waals surface area contributed by atoms with Gasteiger partial charge in [0.2, 0.25) is 0 Å². The molecule has 0 aliphatic carbocycles. The summed E-state index contributed by atoms with van der Waals surface area (Å²) in [6.07, 6.45) is 0.693. The fraction of sp³-hybridized carbons (Fsp3) is 0.133. The van der Waals surface area contributed by atoms with Gasteiger partial charge >= 0.3 is 5.97 Å². The van der Waals surface area contributed by atoms with Crippen LogP contribution in [0.3, 0.4) is 0 Å². The molecule has 3 aromatic carbocycles. The number of para-hydroxylation sites is 1. The second kappa shape index (κ2) is 10.7. The average molecular weight is 508 g/mol. The van der Waals surface area contributed by atoms with Gasteiger partial charge in [-0.1, -0.05) is 79.7 Å². The molecule has 0 bridgehead atoms. The van der Waals surface area contributed by atoms with Gasteiger partial charge in [-0.3, -0.25) is 15.1 Å². The van der Waals surface area contributed by atoms with E-state index in [1.807, 2.05) is 73.8 Å². The molecule has 2 aromatic heterocycles. The maximum Gasteiger partial charge on any atom is 0.339 e. The zero-order chi connectivity index (χ0) is 25.8. The van der Waals surface area contributed by atoms with Gasteiger partial charge in [0, 0.05) is 22.0 Å². The minimum absolute atomic E-state index is 0.406. The van der Waals surface area contributed by atoms with E-state index in [2.05, 4.69) is 39.6 Å². The van der Waals surface area contributed by atoms with Crippen molar-refractivity contribution in [2.24, 2.45) is 0 Å². The monoisotopic (exact) mass is 507 g/mol. The highest BCUT2D eigenvalue weighted by Crippen LogP contribution is 2.28. The molecule has 0 spiro atoms. The molecule has 184 valence electrons. The van der Waals surface area contributed by atoms with E-state index in [0.717, 1.165) is 39.2 Å². The van der Waals surface area contributed by atoms with Gasteiger partial charge in [-0.15, -0.1) is 11.3 Å². The molecular formula is C30H25N3O3S. The van der Waals surface area contributed by atoms with Crippen LogP contribution in [0.4, 0.5) is 5.13 Å². The van der Waals surface area contributed by atoms with E-state index in [9.17, 15) is 9.59 Å². The van der Waals surface area contributed by atoms with Crippen molar-refractivity contribution in [1.82, 2.24) is 9.97 Å². The molecule has 2 heterocycles. The van der Waals surface area contributed by atoms with Crippen LogP contribution >= 0.6 is 11.3 Å². The van der Waals surface area contributed by atoms with E-state index in [0.29, 0.717) is 22.5 Å². The predicted octanol–water partition coefficient (Wildman–Crippen LogP) is 6.69. The molecule has 7 heteroatoms. The van der Waals surface area contributed by atoms with Crippen LogP contribution in [0, 0.1) is 6.92 Å². The van der Waals surface area contributed by atoms with Crippen LogP contribution in [0.15, 0.2) is 84.2 Å². The Hall–Kier alpha value is -4.36. The molecular weight excluding hydrogens is 482 g/mol. The molecule has 0 saturated heterocycles. The number of carbonyl (C=O) groups is 2. The highest BCUT2D eigenvalue weighted by molar-refractivity contribution is 7.14. The molecule has 0 aliphatic heterocycles. The number of anilines is 1. The number of esters is 1. The average Bonchev–Trinajstić information content (AvgIpc) is 3.40. The number of aromatic nitrogens is 2. The summed E-state index contributed by atoms with van der Waals surface area (Å²) in [7, 11) is 0. The summed E-state index contributed by atoms with van der Waals surface area (Å²) in [4.78, 5) is 34.7. The predicted molar refractivity (Wildman–Crippen MR) is 148 cm³/mol. The SMILES string of the molecule is CCc1nc2ccccc2c(C(=O)OCC(=O)Nc2nc(-c3ccc(-c4ccccc4)cc3)cs2)c1C. The quantitative estimate of drug-likeness (QED) is 0.248. The third-order valence-corrected chi connectivity index (χ3v) is 6.91. The first-order valence-electron chi connectivity index (χ1n) is 12.0. The van der Waals surface area contributed by atoms with E-state index in [4.69, 9.17) is 4.74 Å². The van der Waals surface area contributed by atoms with Crippen molar-refractivity contribution in [1.29, 1.82) is 0 Å². The standard InChI is InChI=1S/C30H25N3O3S/c1-3-24-19(2)28(23-11-7-8-12-25(23)31-24)29(35)36-17-27(34)33-30-32-26(18-37-30)22-15-13-21(14-16-22)20-9-5-4-6-10-20/h4-16,18H,3,17H2,1-2H3,(H,32,33,34). The number of amides is 1. The van der Waals surface area contributed by atoms with Crippen molar-refractivity contribution in [3.05, 3.63) is 101 Å². The maximum absolute atomic E-state index is 13.0. The maximum atomic E-state index is 13.0. The van der Waals surface area contributed by atoms with Gasteiger partial charge < -0.3 is 4.74 Å². The van der Waals surface area contributed by atoms with Crippen LogP contribution in [0.5, 0.6) is 0 Å². The van der Waals surface area contributed by atoms with Gasteiger partial charge in [0.05, 0.1) is 16.8 Å². The number of nitrogens with one attached hydrogen (secondary N) is 1. The molecule has 5 aromatic rings. The number of fused-ring (bicyclic) bond motifs is 1. The van der Waals surface area contributed by atoms with Crippen molar-refractivity contribution in [2.45, 2.75) is 20.3 Å². The van der Waals surface area contributed by atoms with Crippen molar-refractivity contribution in [3.63, 3.8) is 0 Å². The Morgan fingerprint density at radius 3 is 2.30 bits per heavy atom. The van der Waals surface area contributed by atoms with Crippen LogP contribution in [-0.2, 0) is 16.0 Å². The van der Waals surface area contributed by atoms with E-state index >= 15 is 0 Å². The number of hydrogen-bond acceptors (Lipinski definition) is 6. The summed E-state index contributed by atoms with van der Waals surface area (Å²) in [5.74, 6) is -0.986. The Morgan fingerprint density at radius 1 is 0.865 bits per heavy atom. The van der Waals surface area contributed by atoms with Crippen molar-refractivity contribution in [2.75, 3.05) is 11.9 Å². The van der Waals surface area contributed by atoms with E-state index in [1.165, 1.54) is 11.3 Å². The van der Waals surface area contributed by atoms with Gasteiger partial charge in [-0.05, 0) is 36.1 Å². The second-order valence-corrected chi connectivity index (χ2v) is 9.39. The summed E-state index contributed by atoms with van der Waals surface area (Å²) in [5.41, 5.74) is 6.78. The number of thiazole rings is 1. The number of carbonyl (C=O) groups excluding carboxylic acids is 2. The Morgan fingerprint density at radius 2 is 1.54 bits per heavy atom. The Labute approximate surface area is 219 Å². The summed E-state index contributed by atoms with van der Waals surface area (Å²) in [5, 5.41) is 5.78. The molecule has 6 nitrogen and oxygen atoms in total. The number of nitrogens with zero attached hydrogens (tertiary/aromatic N) is 2. The van der Waals surface area contributed by atoms with E-state index < -0.39 is 18.5 Å². The molecule has 1 amide bonds. The van der Waals surface area contributed by atoms with Crippen LogP contribution in [0.1, 0.15) is 28.5 Å². The topological polar surface area (TPSA) is 81.2 Å². The lowest BCUT2D eigenvalue weighted by Gasteiger charge is -2.13. The second-order valence-electron chi connectivity index (χ2n) is 8.53. The number of rotatable bonds is 7. The molecule has 37 heavy (non-hydrogen) atoms. The van der Waals surface area contributed by atoms with Crippen molar-refractivity contribution in [3.8, 4) is 22.4 Å². The number of pyridine rings is 1. The zero-order valence-corrected chi connectivity index (χ0v) is 21.3. The summed E-state index contributed by atoms with van der Waals surface area (Å²) in [6, 6.07) is 25.7. The van der Waals surface area contributed by atoms with Gasteiger partial charge in [0.15, 0.2) is 11.7 Å². The molecule has 1 N–H and O–H groups in total. The first-order chi connectivity index (χ1) is 18.0. The van der Waals surface area contributed by atoms with Gasteiger partial charge in [-0.25, -0.2) is 9.78 Å². The molecule has 0 radical (unpaired) electrons. The van der Waals surface area contributed by atoms with Gasteiger partial charge in [0.25, 0.3) is 5.91 Å². The fourth-order valence-corrected chi connectivity index (χ4v) is 4.99. The third kappa shape index (κ3) is 5.27. The smallest absolute Gasteiger partial charge is 0.339 e. The largest absolute Gasteiger partial charge is 0.452 e.